The normalized spacial score (nSPS) is 17.3. The van der Waals surface area contributed by atoms with Crippen molar-refractivity contribution < 1.29 is 14.3 Å². The molecule has 1 aromatic carbocycles. The summed E-state index contributed by atoms with van der Waals surface area (Å²) < 4.78 is 5.06. The zero-order chi connectivity index (χ0) is 15.2. The van der Waals surface area contributed by atoms with Crippen LogP contribution in [0.15, 0.2) is 24.3 Å². The number of primary amides is 1. The fraction of sp³-hybridized carbons (Fsp3) is 0.429. The first-order valence-electron chi connectivity index (χ1n) is 6.81. The van der Waals surface area contributed by atoms with E-state index in [1.807, 2.05) is 0 Å². The molecule has 3 amide bonds. The fourth-order valence-electron chi connectivity index (χ4n) is 2.31. The van der Waals surface area contributed by atoms with E-state index >= 15 is 0 Å². The number of urea groups is 1. The van der Waals surface area contributed by atoms with Crippen molar-refractivity contribution in [2.75, 3.05) is 32.1 Å². The minimum atomic E-state index is -0.521. The summed E-state index contributed by atoms with van der Waals surface area (Å²) >= 11 is 0. The minimum Gasteiger partial charge on any atom is -0.497 e. The van der Waals surface area contributed by atoms with Gasteiger partial charge in [0.2, 0.25) is 5.91 Å². The van der Waals surface area contributed by atoms with Crippen LogP contribution in [0, 0.1) is 0 Å². The molecule has 7 nitrogen and oxygen atoms in total. The van der Waals surface area contributed by atoms with E-state index in [0.717, 1.165) is 13.0 Å². The first kappa shape index (κ1) is 15.1. The Balaban J connectivity index is 2.04. The Labute approximate surface area is 123 Å². The van der Waals surface area contributed by atoms with Gasteiger partial charge in [-0.05, 0) is 37.2 Å². The van der Waals surface area contributed by atoms with Crippen molar-refractivity contribution in [2.24, 2.45) is 5.73 Å². The van der Waals surface area contributed by atoms with Crippen LogP contribution in [0.2, 0.25) is 0 Å². The molecule has 1 aliphatic heterocycles. The number of carbonyl (C=O) groups is 2. The number of amides is 3. The van der Waals surface area contributed by atoms with E-state index < -0.39 is 5.91 Å². The molecule has 1 aliphatic rings. The Morgan fingerprint density at radius 1 is 1.43 bits per heavy atom. The van der Waals surface area contributed by atoms with Crippen LogP contribution in [0.4, 0.5) is 10.5 Å². The number of benzene rings is 1. The third-order valence-corrected chi connectivity index (χ3v) is 3.40. The van der Waals surface area contributed by atoms with Crippen LogP contribution in [0.3, 0.4) is 0 Å². The quantitative estimate of drug-likeness (QED) is 0.730. The lowest BCUT2D eigenvalue weighted by atomic mass is 10.2. The Morgan fingerprint density at radius 2 is 2.14 bits per heavy atom. The number of rotatable bonds is 5. The first-order valence-corrected chi connectivity index (χ1v) is 6.81. The number of hydrogen-bond acceptors (Lipinski definition) is 4. The number of hydrogen-bond donors (Lipinski definition) is 3. The van der Waals surface area contributed by atoms with Gasteiger partial charge in [-0.2, -0.15) is 0 Å². The van der Waals surface area contributed by atoms with E-state index in [4.69, 9.17) is 10.5 Å². The average Bonchev–Trinajstić information content (AvgIpc) is 2.99. The van der Waals surface area contributed by atoms with E-state index in [2.05, 4.69) is 10.6 Å². The molecule has 1 fully saturated rings. The zero-order valence-corrected chi connectivity index (χ0v) is 12.0. The second-order valence-electron chi connectivity index (χ2n) is 4.90. The van der Waals surface area contributed by atoms with Crippen molar-refractivity contribution >= 4 is 17.6 Å². The van der Waals surface area contributed by atoms with Crippen LogP contribution in [-0.4, -0.2) is 49.6 Å². The number of ether oxygens (including phenoxy) is 1. The monoisotopic (exact) mass is 292 g/mol. The highest BCUT2D eigenvalue weighted by atomic mass is 16.5. The van der Waals surface area contributed by atoms with Crippen molar-refractivity contribution in [3.63, 3.8) is 0 Å². The molecule has 4 N–H and O–H groups in total. The Morgan fingerprint density at radius 3 is 2.67 bits per heavy atom. The highest BCUT2D eigenvalue weighted by Gasteiger charge is 2.27. The SMILES string of the molecule is COc1ccc(NC(=O)N(CC(N)=O)C2CCNC2)cc1. The van der Waals surface area contributed by atoms with Gasteiger partial charge in [-0.1, -0.05) is 0 Å². The third kappa shape index (κ3) is 4.09. The molecule has 1 atom stereocenters. The number of nitrogens with one attached hydrogen (secondary N) is 2. The van der Waals surface area contributed by atoms with E-state index in [1.54, 1.807) is 31.4 Å². The summed E-state index contributed by atoms with van der Waals surface area (Å²) in [4.78, 5) is 25.0. The van der Waals surface area contributed by atoms with Crippen LogP contribution in [0.1, 0.15) is 6.42 Å². The van der Waals surface area contributed by atoms with E-state index in [9.17, 15) is 9.59 Å². The molecule has 114 valence electrons. The predicted octanol–water partition coefficient (Wildman–Crippen LogP) is 0.376. The van der Waals surface area contributed by atoms with Gasteiger partial charge < -0.3 is 26.0 Å². The number of nitrogens with zero attached hydrogens (tertiary/aromatic N) is 1. The molecule has 0 bridgehead atoms. The molecule has 0 radical (unpaired) electrons. The summed E-state index contributed by atoms with van der Waals surface area (Å²) in [5.74, 6) is 0.189. The fourth-order valence-corrected chi connectivity index (χ4v) is 2.31. The van der Waals surface area contributed by atoms with Crippen molar-refractivity contribution in [3.8, 4) is 5.75 Å². The van der Waals surface area contributed by atoms with Crippen molar-refractivity contribution in [3.05, 3.63) is 24.3 Å². The van der Waals surface area contributed by atoms with Gasteiger partial charge in [0.05, 0.1) is 7.11 Å². The molecule has 7 heteroatoms. The smallest absolute Gasteiger partial charge is 0.322 e. The van der Waals surface area contributed by atoms with Crippen molar-refractivity contribution in [1.82, 2.24) is 10.2 Å². The number of nitrogens with two attached hydrogens (primary N) is 1. The largest absolute Gasteiger partial charge is 0.497 e. The molecule has 0 aliphatic carbocycles. The van der Waals surface area contributed by atoms with Gasteiger partial charge in [0.1, 0.15) is 12.3 Å². The molecular formula is C14H20N4O3. The summed E-state index contributed by atoms with van der Waals surface area (Å²) in [6.07, 6.45) is 0.809. The number of carbonyl (C=O) groups excluding carboxylic acids is 2. The lowest BCUT2D eigenvalue weighted by molar-refractivity contribution is -0.118. The Bertz CT molecular complexity index is 497. The van der Waals surface area contributed by atoms with Gasteiger partial charge in [0.25, 0.3) is 0 Å². The maximum Gasteiger partial charge on any atom is 0.322 e. The maximum atomic E-state index is 12.3. The summed E-state index contributed by atoms with van der Waals surface area (Å²) in [5, 5.41) is 5.94. The highest BCUT2D eigenvalue weighted by molar-refractivity contribution is 5.92. The third-order valence-electron chi connectivity index (χ3n) is 3.40. The van der Waals surface area contributed by atoms with Gasteiger partial charge >= 0.3 is 6.03 Å². The molecule has 2 rings (SSSR count). The molecule has 0 aromatic heterocycles. The second kappa shape index (κ2) is 6.94. The molecular weight excluding hydrogens is 272 g/mol. The van der Waals surface area contributed by atoms with E-state index in [-0.39, 0.29) is 18.6 Å². The van der Waals surface area contributed by atoms with Gasteiger partial charge in [0.15, 0.2) is 0 Å². The molecule has 1 unspecified atom stereocenters. The summed E-state index contributed by atoms with van der Waals surface area (Å²) in [5.41, 5.74) is 5.87. The Hall–Kier alpha value is -2.28. The lowest BCUT2D eigenvalue weighted by Gasteiger charge is -2.27. The van der Waals surface area contributed by atoms with E-state index in [0.29, 0.717) is 18.0 Å². The molecule has 1 heterocycles. The zero-order valence-electron chi connectivity index (χ0n) is 12.0. The summed E-state index contributed by atoms with van der Waals surface area (Å²) in [6.45, 7) is 1.41. The summed E-state index contributed by atoms with van der Waals surface area (Å²) in [6, 6.07) is 6.65. The van der Waals surface area contributed by atoms with Crippen LogP contribution < -0.4 is 21.1 Å². The maximum absolute atomic E-state index is 12.3. The number of anilines is 1. The molecule has 1 aromatic rings. The summed E-state index contributed by atoms with van der Waals surface area (Å²) in [7, 11) is 1.58. The van der Waals surface area contributed by atoms with Crippen LogP contribution >= 0.6 is 0 Å². The molecule has 0 saturated carbocycles. The number of methoxy groups -OCH3 is 1. The van der Waals surface area contributed by atoms with Gasteiger partial charge in [-0.25, -0.2) is 4.79 Å². The molecule has 21 heavy (non-hydrogen) atoms. The average molecular weight is 292 g/mol. The topological polar surface area (TPSA) is 96.7 Å². The molecule has 1 saturated heterocycles. The van der Waals surface area contributed by atoms with Crippen molar-refractivity contribution in [2.45, 2.75) is 12.5 Å². The van der Waals surface area contributed by atoms with Gasteiger partial charge in [-0.15, -0.1) is 0 Å². The van der Waals surface area contributed by atoms with Gasteiger partial charge in [0, 0.05) is 18.3 Å². The Kier molecular flexibility index (Phi) is 4.99. The van der Waals surface area contributed by atoms with Crippen LogP contribution in [0.5, 0.6) is 5.75 Å². The minimum absolute atomic E-state index is 0.0178. The highest BCUT2D eigenvalue weighted by Crippen LogP contribution is 2.16. The molecule has 0 spiro atoms. The second-order valence-corrected chi connectivity index (χ2v) is 4.90. The van der Waals surface area contributed by atoms with Gasteiger partial charge in [-0.3, -0.25) is 4.79 Å². The lowest BCUT2D eigenvalue weighted by Crippen LogP contribution is -2.48. The van der Waals surface area contributed by atoms with Crippen LogP contribution in [0.25, 0.3) is 0 Å². The standard InChI is InChI=1S/C14H20N4O3/c1-21-12-4-2-10(3-5-12)17-14(20)18(9-13(15)19)11-6-7-16-8-11/h2-5,11,16H,6-9H2,1H3,(H2,15,19)(H,17,20). The van der Waals surface area contributed by atoms with Crippen LogP contribution in [-0.2, 0) is 4.79 Å². The van der Waals surface area contributed by atoms with Crippen molar-refractivity contribution in [1.29, 1.82) is 0 Å². The van der Waals surface area contributed by atoms with E-state index in [1.165, 1.54) is 4.90 Å². The first-order chi connectivity index (χ1) is 10.1. The predicted molar refractivity (Wildman–Crippen MR) is 79.2 cm³/mol.